The normalized spacial score (nSPS) is 10.0. The van der Waals surface area contributed by atoms with Gasteiger partial charge in [-0.3, -0.25) is 10.1 Å². The molecule has 0 atom stereocenters. The van der Waals surface area contributed by atoms with Gasteiger partial charge in [-0.1, -0.05) is 19.4 Å². The third kappa shape index (κ3) is 5.55. The summed E-state index contributed by atoms with van der Waals surface area (Å²) in [5, 5.41) is 14.9. The minimum atomic E-state index is -0.313. The number of ether oxygens (including phenoxy) is 1. The van der Waals surface area contributed by atoms with Crippen LogP contribution in [0.3, 0.4) is 0 Å². The van der Waals surface area contributed by atoms with Crippen LogP contribution >= 0.6 is 12.2 Å². The van der Waals surface area contributed by atoms with Gasteiger partial charge in [-0.15, -0.1) is 0 Å². The maximum absolute atomic E-state index is 12.2. The van der Waals surface area contributed by atoms with Gasteiger partial charge in [0.25, 0.3) is 5.91 Å². The summed E-state index contributed by atoms with van der Waals surface area (Å²) < 4.78 is 5.60. The van der Waals surface area contributed by atoms with Gasteiger partial charge in [0, 0.05) is 11.3 Å². The van der Waals surface area contributed by atoms with Crippen LogP contribution in [0.4, 0.5) is 5.69 Å². The highest BCUT2D eigenvalue weighted by Crippen LogP contribution is 2.15. The molecule has 1 amide bonds. The van der Waals surface area contributed by atoms with E-state index in [0.717, 1.165) is 12.8 Å². The van der Waals surface area contributed by atoms with Crippen LogP contribution in [0.5, 0.6) is 11.5 Å². The maximum atomic E-state index is 12.2. The van der Waals surface area contributed by atoms with E-state index in [4.69, 9.17) is 17.0 Å². The van der Waals surface area contributed by atoms with E-state index in [1.807, 2.05) is 6.07 Å². The molecule has 0 spiro atoms. The first kappa shape index (κ1) is 17.7. The number of rotatable bonds is 6. The Labute approximate surface area is 146 Å². The first-order valence-corrected chi connectivity index (χ1v) is 8.13. The number of hydrogen-bond donors (Lipinski definition) is 3. The van der Waals surface area contributed by atoms with Crippen molar-refractivity contribution < 1.29 is 14.6 Å². The Morgan fingerprint density at radius 2 is 1.96 bits per heavy atom. The fourth-order valence-electron chi connectivity index (χ4n) is 1.94. The van der Waals surface area contributed by atoms with E-state index in [0.29, 0.717) is 23.6 Å². The van der Waals surface area contributed by atoms with Gasteiger partial charge in [0.05, 0.1) is 6.61 Å². The summed E-state index contributed by atoms with van der Waals surface area (Å²) >= 11 is 5.13. The third-order valence-corrected chi connectivity index (χ3v) is 3.42. The topological polar surface area (TPSA) is 70.6 Å². The lowest BCUT2D eigenvalue weighted by Gasteiger charge is -2.11. The largest absolute Gasteiger partial charge is 0.508 e. The van der Waals surface area contributed by atoms with Crippen molar-refractivity contribution in [2.75, 3.05) is 11.9 Å². The predicted octanol–water partition coefficient (Wildman–Crippen LogP) is 3.70. The van der Waals surface area contributed by atoms with E-state index < -0.39 is 0 Å². The van der Waals surface area contributed by atoms with Gasteiger partial charge >= 0.3 is 0 Å². The van der Waals surface area contributed by atoms with E-state index in [9.17, 15) is 9.90 Å². The van der Waals surface area contributed by atoms with Gasteiger partial charge in [0.1, 0.15) is 11.5 Å². The summed E-state index contributed by atoms with van der Waals surface area (Å²) in [5.74, 6) is 0.510. The summed E-state index contributed by atoms with van der Waals surface area (Å²) in [7, 11) is 0. The molecular weight excluding hydrogens is 324 g/mol. The Bertz CT molecular complexity index is 702. The van der Waals surface area contributed by atoms with Crippen LogP contribution in [-0.4, -0.2) is 22.7 Å². The average Bonchev–Trinajstić information content (AvgIpc) is 2.57. The van der Waals surface area contributed by atoms with Gasteiger partial charge in [0.2, 0.25) is 0 Å². The Kier molecular flexibility index (Phi) is 6.57. The number of nitrogens with one attached hydrogen (secondary N) is 2. The molecule has 126 valence electrons. The molecule has 0 fully saturated rings. The number of amides is 1. The van der Waals surface area contributed by atoms with Gasteiger partial charge in [-0.25, -0.2) is 0 Å². The smallest absolute Gasteiger partial charge is 0.257 e. The molecule has 3 N–H and O–H groups in total. The molecule has 0 heterocycles. The van der Waals surface area contributed by atoms with Crippen molar-refractivity contribution in [3.05, 3.63) is 54.1 Å². The van der Waals surface area contributed by atoms with Crippen LogP contribution in [0.2, 0.25) is 0 Å². The predicted molar refractivity (Wildman–Crippen MR) is 98.6 cm³/mol. The molecule has 2 rings (SSSR count). The second kappa shape index (κ2) is 8.88. The van der Waals surface area contributed by atoms with E-state index in [2.05, 4.69) is 17.6 Å². The first-order chi connectivity index (χ1) is 11.6. The van der Waals surface area contributed by atoms with Crippen LogP contribution in [0.25, 0.3) is 0 Å². The molecule has 0 aliphatic carbocycles. The number of benzene rings is 2. The van der Waals surface area contributed by atoms with Crippen LogP contribution in [0.1, 0.15) is 30.1 Å². The summed E-state index contributed by atoms with van der Waals surface area (Å²) in [4.78, 5) is 12.2. The zero-order valence-electron chi connectivity index (χ0n) is 13.4. The van der Waals surface area contributed by atoms with E-state index in [-0.39, 0.29) is 16.8 Å². The lowest BCUT2D eigenvalue weighted by atomic mass is 10.2. The highest BCUT2D eigenvalue weighted by molar-refractivity contribution is 7.80. The highest BCUT2D eigenvalue weighted by atomic mass is 32.1. The van der Waals surface area contributed by atoms with E-state index in [1.54, 1.807) is 30.3 Å². The van der Waals surface area contributed by atoms with Crippen LogP contribution in [-0.2, 0) is 0 Å². The molecule has 24 heavy (non-hydrogen) atoms. The number of hydrogen-bond acceptors (Lipinski definition) is 4. The first-order valence-electron chi connectivity index (χ1n) is 7.72. The van der Waals surface area contributed by atoms with Crippen molar-refractivity contribution in [3.8, 4) is 11.5 Å². The number of carbonyl (C=O) groups excluding carboxylic acids is 1. The van der Waals surface area contributed by atoms with Crippen molar-refractivity contribution in [1.82, 2.24) is 5.32 Å². The lowest BCUT2D eigenvalue weighted by molar-refractivity contribution is 0.0977. The molecule has 0 aromatic heterocycles. The second-order valence-electron chi connectivity index (χ2n) is 5.18. The molecule has 0 aliphatic rings. The van der Waals surface area contributed by atoms with Gasteiger partial charge in [-0.2, -0.15) is 0 Å². The lowest BCUT2D eigenvalue weighted by Crippen LogP contribution is -2.34. The third-order valence-electron chi connectivity index (χ3n) is 3.22. The molecule has 2 aromatic rings. The molecule has 0 radical (unpaired) electrons. The summed E-state index contributed by atoms with van der Waals surface area (Å²) in [6.45, 7) is 2.72. The number of thiocarbonyl (C=S) groups is 1. The number of phenols is 1. The molecule has 0 aliphatic heterocycles. The summed E-state index contributed by atoms with van der Waals surface area (Å²) in [5.41, 5.74) is 1.15. The van der Waals surface area contributed by atoms with Crippen molar-refractivity contribution in [3.63, 3.8) is 0 Å². The Balaban J connectivity index is 1.92. The monoisotopic (exact) mass is 344 g/mol. The Hall–Kier alpha value is -2.60. The number of unbranched alkanes of at least 4 members (excludes halogenated alkanes) is 1. The van der Waals surface area contributed by atoms with Crippen molar-refractivity contribution in [2.24, 2.45) is 0 Å². The summed E-state index contributed by atoms with van der Waals surface area (Å²) in [6, 6.07) is 13.4. The van der Waals surface area contributed by atoms with Crippen molar-refractivity contribution >= 4 is 28.9 Å². The number of aromatic hydroxyl groups is 1. The number of carbonyl (C=O) groups is 1. The molecule has 6 heteroatoms. The zero-order valence-corrected chi connectivity index (χ0v) is 14.2. The van der Waals surface area contributed by atoms with E-state index in [1.165, 1.54) is 12.1 Å². The fourth-order valence-corrected chi connectivity index (χ4v) is 2.15. The molecule has 2 aromatic carbocycles. The average molecular weight is 344 g/mol. The minimum Gasteiger partial charge on any atom is -0.508 e. The van der Waals surface area contributed by atoms with Gasteiger partial charge in [0.15, 0.2) is 5.11 Å². The van der Waals surface area contributed by atoms with Crippen LogP contribution in [0, 0.1) is 0 Å². The van der Waals surface area contributed by atoms with E-state index >= 15 is 0 Å². The molecular formula is C18H20N2O3S. The van der Waals surface area contributed by atoms with Crippen molar-refractivity contribution in [2.45, 2.75) is 19.8 Å². The van der Waals surface area contributed by atoms with Crippen LogP contribution < -0.4 is 15.4 Å². The highest BCUT2D eigenvalue weighted by Gasteiger charge is 2.09. The summed E-state index contributed by atoms with van der Waals surface area (Å²) in [6.07, 6.45) is 2.02. The van der Waals surface area contributed by atoms with Gasteiger partial charge in [-0.05, 0) is 61.1 Å². The standard InChI is InChI=1S/C18H20N2O3S/c1-2-3-11-23-16-6-4-5-13(12-16)17(22)20-18(24)19-14-7-9-15(21)10-8-14/h4-10,12,21H,2-3,11H2,1H3,(H2,19,20,22,24). The Morgan fingerprint density at radius 3 is 2.67 bits per heavy atom. The van der Waals surface area contributed by atoms with Crippen LogP contribution in [0.15, 0.2) is 48.5 Å². The molecule has 0 saturated heterocycles. The van der Waals surface area contributed by atoms with Crippen molar-refractivity contribution in [1.29, 1.82) is 0 Å². The second-order valence-corrected chi connectivity index (χ2v) is 5.59. The minimum absolute atomic E-state index is 0.162. The van der Waals surface area contributed by atoms with Gasteiger partial charge < -0.3 is 15.2 Å². The number of anilines is 1. The SMILES string of the molecule is CCCCOc1cccc(C(=O)NC(=S)Nc2ccc(O)cc2)c1. The number of phenolic OH excluding ortho intramolecular Hbond substituents is 1. The molecule has 5 nitrogen and oxygen atoms in total. The molecule has 0 saturated carbocycles. The molecule has 0 unspecified atom stereocenters. The molecule has 0 bridgehead atoms. The quantitative estimate of drug-likeness (QED) is 0.423. The maximum Gasteiger partial charge on any atom is 0.257 e. The zero-order chi connectivity index (χ0) is 17.4. The Morgan fingerprint density at radius 1 is 1.21 bits per heavy atom. The fraction of sp³-hybridized carbons (Fsp3) is 0.222.